The van der Waals surface area contributed by atoms with Crippen molar-refractivity contribution in [3.05, 3.63) is 46.3 Å². The van der Waals surface area contributed by atoms with Crippen LogP contribution in [0.5, 0.6) is 0 Å². The van der Waals surface area contributed by atoms with Crippen molar-refractivity contribution in [2.75, 3.05) is 31.6 Å². The number of hydrogen-bond acceptors (Lipinski definition) is 4. The fraction of sp³-hybridized carbons (Fsp3) is 0.545. The third-order valence-corrected chi connectivity index (χ3v) is 6.54. The van der Waals surface area contributed by atoms with Crippen LogP contribution in [0.25, 0.3) is 0 Å². The molecule has 3 heterocycles. The van der Waals surface area contributed by atoms with E-state index in [1.54, 1.807) is 11.3 Å². The zero-order valence-corrected chi connectivity index (χ0v) is 18.2. The third-order valence-electron chi connectivity index (χ3n) is 5.31. The van der Waals surface area contributed by atoms with Crippen molar-refractivity contribution in [1.82, 2.24) is 15.6 Å². The van der Waals surface area contributed by atoms with E-state index in [2.05, 4.69) is 64.0 Å². The van der Waals surface area contributed by atoms with E-state index in [9.17, 15) is 0 Å². The van der Waals surface area contributed by atoms with Crippen LogP contribution in [0.15, 0.2) is 40.8 Å². The van der Waals surface area contributed by atoms with Gasteiger partial charge in [0.05, 0.1) is 0 Å². The summed E-state index contributed by atoms with van der Waals surface area (Å²) in [5.74, 6) is 1.92. The summed E-state index contributed by atoms with van der Waals surface area (Å²) < 4.78 is 0. The lowest BCUT2D eigenvalue weighted by Gasteiger charge is -2.25. The number of hydrogen-bond donors (Lipinski definition) is 2. The highest BCUT2D eigenvalue weighted by Gasteiger charge is 2.21. The molecule has 28 heavy (non-hydrogen) atoms. The van der Waals surface area contributed by atoms with Crippen LogP contribution in [0.1, 0.15) is 50.0 Å². The Morgan fingerprint density at radius 1 is 1.14 bits per heavy atom. The molecule has 5 nitrogen and oxygen atoms in total. The van der Waals surface area contributed by atoms with E-state index in [-0.39, 0.29) is 5.41 Å². The van der Waals surface area contributed by atoms with Gasteiger partial charge < -0.3 is 15.5 Å². The van der Waals surface area contributed by atoms with Gasteiger partial charge in [-0.25, -0.2) is 4.98 Å². The quantitative estimate of drug-likeness (QED) is 0.565. The maximum absolute atomic E-state index is 4.69. The van der Waals surface area contributed by atoms with Crippen molar-refractivity contribution in [2.24, 2.45) is 4.99 Å². The number of pyridine rings is 1. The number of rotatable bonds is 6. The molecule has 0 aliphatic carbocycles. The molecule has 1 fully saturated rings. The van der Waals surface area contributed by atoms with Gasteiger partial charge in [0, 0.05) is 49.7 Å². The van der Waals surface area contributed by atoms with Gasteiger partial charge in [0.15, 0.2) is 5.96 Å². The van der Waals surface area contributed by atoms with E-state index in [1.165, 1.54) is 36.1 Å². The van der Waals surface area contributed by atoms with Crippen molar-refractivity contribution in [2.45, 2.75) is 51.5 Å². The van der Waals surface area contributed by atoms with Gasteiger partial charge in [-0.05, 0) is 35.9 Å². The standard InChI is InChI=1S/C22H33N5S/c1-22(2,19-9-8-14-28-19)17-26-21(23-3)25-16-18-10-11-20(24-15-18)27-12-6-4-5-7-13-27/h8-11,14-15H,4-7,12-13,16-17H2,1-3H3,(H2,23,25,26). The fourth-order valence-electron chi connectivity index (χ4n) is 3.47. The number of guanidine groups is 1. The van der Waals surface area contributed by atoms with Crippen LogP contribution in [0, 0.1) is 0 Å². The first kappa shape index (κ1) is 20.6. The minimum Gasteiger partial charge on any atom is -0.357 e. The first-order valence-corrected chi connectivity index (χ1v) is 11.1. The molecule has 0 atom stereocenters. The Kier molecular flexibility index (Phi) is 7.31. The van der Waals surface area contributed by atoms with Crippen molar-refractivity contribution in [1.29, 1.82) is 0 Å². The molecule has 3 rings (SSSR count). The fourth-order valence-corrected chi connectivity index (χ4v) is 4.32. The molecule has 1 saturated heterocycles. The molecule has 2 aromatic heterocycles. The summed E-state index contributed by atoms with van der Waals surface area (Å²) in [6, 6.07) is 8.62. The SMILES string of the molecule is CN=C(NCc1ccc(N2CCCCCC2)nc1)NCC(C)(C)c1cccs1. The van der Waals surface area contributed by atoms with E-state index in [0.29, 0.717) is 6.54 Å². The van der Waals surface area contributed by atoms with Crippen LogP contribution in [-0.2, 0) is 12.0 Å². The Balaban J connectivity index is 1.49. The second-order valence-electron chi connectivity index (χ2n) is 8.07. The van der Waals surface area contributed by atoms with Gasteiger partial charge in [0.25, 0.3) is 0 Å². The molecule has 0 unspecified atom stereocenters. The second-order valence-corrected chi connectivity index (χ2v) is 9.01. The molecule has 0 radical (unpaired) electrons. The van der Waals surface area contributed by atoms with Crippen LogP contribution < -0.4 is 15.5 Å². The average molecular weight is 400 g/mol. The van der Waals surface area contributed by atoms with Gasteiger partial charge in [0.1, 0.15) is 5.82 Å². The lowest BCUT2D eigenvalue weighted by atomic mass is 9.91. The number of thiophene rings is 1. The second kappa shape index (κ2) is 9.92. The van der Waals surface area contributed by atoms with Crippen LogP contribution in [0.2, 0.25) is 0 Å². The average Bonchev–Trinajstić information content (AvgIpc) is 3.13. The molecule has 2 aromatic rings. The molecule has 0 bridgehead atoms. The van der Waals surface area contributed by atoms with Crippen LogP contribution >= 0.6 is 11.3 Å². The zero-order chi connectivity index (χ0) is 19.8. The zero-order valence-electron chi connectivity index (χ0n) is 17.4. The van der Waals surface area contributed by atoms with E-state index in [0.717, 1.165) is 31.4 Å². The minimum absolute atomic E-state index is 0.0716. The maximum atomic E-state index is 4.69. The van der Waals surface area contributed by atoms with Gasteiger partial charge in [-0.15, -0.1) is 11.3 Å². The van der Waals surface area contributed by atoms with E-state index < -0.39 is 0 Å². The van der Waals surface area contributed by atoms with Gasteiger partial charge >= 0.3 is 0 Å². The lowest BCUT2D eigenvalue weighted by molar-refractivity contribution is 0.518. The van der Waals surface area contributed by atoms with Crippen LogP contribution in [0.3, 0.4) is 0 Å². The summed E-state index contributed by atoms with van der Waals surface area (Å²) in [6.45, 7) is 8.31. The highest BCUT2D eigenvalue weighted by atomic mass is 32.1. The van der Waals surface area contributed by atoms with Gasteiger partial charge in [-0.1, -0.05) is 38.8 Å². The van der Waals surface area contributed by atoms with Crippen molar-refractivity contribution in [3.63, 3.8) is 0 Å². The minimum atomic E-state index is 0.0716. The molecule has 0 amide bonds. The van der Waals surface area contributed by atoms with Gasteiger partial charge in [-0.3, -0.25) is 4.99 Å². The summed E-state index contributed by atoms with van der Waals surface area (Å²) in [4.78, 5) is 12.8. The molecule has 0 spiro atoms. The molecule has 0 saturated carbocycles. The lowest BCUT2D eigenvalue weighted by Crippen LogP contribution is -2.42. The topological polar surface area (TPSA) is 52.6 Å². The molecule has 1 aliphatic rings. The van der Waals surface area contributed by atoms with Gasteiger partial charge in [0.2, 0.25) is 0 Å². The number of nitrogens with one attached hydrogen (secondary N) is 2. The Morgan fingerprint density at radius 2 is 1.93 bits per heavy atom. The Hall–Kier alpha value is -2.08. The molecular weight excluding hydrogens is 366 g/mol. The molecular formula is C22H33N5S. The van der Waals surface area contributed by atoms with Crippen LogP contribution in [0.4, 0.5) is 5.82 Å². The number of anilines is 1. The van der Waals surface area contributed by atoms with E-state index >= 15 is 0 Å². The third kappa shape index (κ3) is 5.71. The first-order chi connectivity index (χ1) is 13.6. The molecule has 152 valence electrons. The van der Waals surface area contributed by atoms with Crippen molar-refractivity contribution >= 4 is 23.1 Å². The first-order valence-electron chi connectivity index (χ1n) is 10.3. The summed E-state index contributed by atoms with van der Waals surface area (Å²) in [6.07, 6.45) is 7.21. The highest BCUT2D eigenvalue weighted by molar-refractivity contribution is 7.10. The highest BCUT2D eigenvalue weighted by Crippen LogP contribution is 2.26. The summed E-state index contributed by atoms with van der Waals surface area (Å²) in [5, 5.41) is 8.99. The Morgan fingerprint density at radius 3 is 2.54 bits per heavy atom. The van der Waals surface area contributed by atoms with Crippen molar-refractivity contribution in [3.8, 4) is 0 Å². The van der Waals surface area contributed by atoms with Crippen LogP contribution in [-0.4, -0.2) is 37.6 Å². The molecule has 0 aromatic carbocycles. The smallest absolute Gasteiger partial charge is 0.191 e. The number of aromatic nitrogens is 1. The maximum Gasteiger partial charge on any atom is 0.191 e. The summed E-state index contributed by atoms with van der Waals surface area (Å²) in [7, 11) is 1.81. The van der Waals surface area contributed by atoms with E-state index in [4.69, 9.17) is 4.98 Å². The van der Waals surface area contributed by atoms with Gasteiger partial charge in [-0.2, -0.15) is 0 Å². The largest absolute Gasteiger partial charge is 0.357 e. The molecule has 6 heteroatoms. The van der Waals surface area contributed by atoms with E-state index in [1.807, 2.05) is 13.2 Å². The monoisotopic (exact) mass is 399 g/mol. The summed E-state index contributed by atoms with van der Waals surface area (Å²) >= 11 is 1.80. The predicted octanol–water partition coefficient (Wildman–Crippen LogP) is 4.17. The number of aliphatic imine (C=N–C) groups is 1. The number of nitrogens with zero attached hydrogens (tertiary/aromatic N) is 3. The van der Waals surface area contributed by atoms with Crippen molar-refractivity contribution < 1.29 is 0 Å². The molecule has 2 N–H and O–H groups in total. The summed E-state index contributed by atoms with van der Waals surface area (Å²) in [5.41, 5.74) is 1.24. The predicted molar refractivity (Wildman–Crippen MR) is 120 cm³/mol. The molecule has 1 aliphatic heterocycles. The Labute approximate surface area is 173 Å². The Bertz CT molecular complexity index is 729. The normalized spacial score (nSPS) is 16.0.